The van der Waals surface area contributed by atoms with Gasteiger partial charge in [0.25, 0.3) is 5.91 Å². The lowest BCUT2D eigenvalue weighted by atomic mass is 9.75. The van der Waals surface area contributed by atoms with E-state index in [2.05, 4.69) is 10.6 Å². The molecule has 19 nitrogen and oxygen atoms in total. The summed E-state index contributed by atoms with van der Waals surface area (Å²) in [5, 5.41) is 98.8. The van der Waals surface area contributed by atoms with Gasteiger partial charge in [0.15, 0.2) is 12.6 Å². The van der Waals surface area contributed by atoms with Gasteiger partial charge in [-0.15, -0.1) is 0 Å². The Hall–Kier alpha value is -1.21. The third-order valence-electron chi connectivity index (χ3n) is 9.00. The lowest BCUT2D eigenvalue weighted by Gasteiger charge is -2.49. The maximum Gasteiger partial charge on any atom is 0.252 e. The Morgan fingerprint density at radius 3 is 2.07 bits per heavy atom. The number of hydrogen-bond donors (Lipinski definition) is 14. The highest BCUT2D eigenvalue weighted by Gasteiger charge is 2.54. The van der Waals surface area contributed by atoms with Crippen LogP contribution in [0.4, 0.5) is 0 Å². The molecule has 2 heterocycles. The molecule has 2 saturated heterocycles. The molecule has 0 radical (unpaired) electrons. The Morgan fingerprint density at radius 1 is 0.822 bits per heavy atom. The van der Waals surface area contributed by atoms with Crippen LogP contribution in [0, 0.1) is 0 Å². The van der Waals surface area contributed by atoms with Gasteiger partial charge < -0.3 is 92.7 Å². The number of nitrogens with two attached hydrogens (primary N) is 3. The van der Waals surface area contributed by atoms with Crippen molar-refractivity contribution in [1.82, 2.24) is 10.6 Å². The van der Waals surface area contributed by atoms with Crippen molar-refractivity contribution in [2.45, 2.75) is 129 Å². The first-order chi connectivity index (χ1) is 21.2. The van der Waals surface area contributed by atoms with Crippen molar-refractivity contribution in [3.8, 4) is 0 Å². The van der Waals surface area contributed by atoms with E-state index in [1.165, 1.54) is 0 Å². The van der Waals surface area contributed by atoms with Crippen molar-refractivity contribution in [2.24, 2.45) is 17.2 Å². The summed E-state index contributed by atoms with van der Waals surface area (Å²) in [6, 6.07) is -3.87. The van der Waals surface area contributed by atoms with Gasteiger partial charge >= 0.3 is 0 Å². The van der Waals surface area contributed by atoms with Crippen LogP contribution in [0.25, 0.3) is 0 Å². The molecule has 1 unspecified atom stereocenters. The van der Waals surface area contributed by atoms with Crippen molar-refractivity contribution in [3.63, 3.8) is 0 Å². The molecule has 0 aromatic heterocycles. The lowest BCUT2D eigenvalue weighted by molar-refractivity contribution is -0.333. The van der Waals surface area contributed by atoms with Gasteiger partial charge in [-0.3, -0.25) is 4.79 Å². The van der Waals surface area contributed by atoms with Crippen molar-refractivity contribution in [1.29, 1.82) is 0 Å². The number of amides is 1. The number of aliphatic hydroxyl groups excluding tert-OH is 8. The van der Waals surface area contributed by atoms with E-state index in [0.717, 1.165) is 0 Å². The molecule has 19 heteroatoms. The molecule has 4 aliphatic rings. The second-order valence-corrected chi connectivity index (χ2v) is 12.5. The first-order valence-electron chi connectivity index (χ1n) is 15.1. The van der Waals surface area contributed by atoms with E-state index in [9.17, 15) is 45.6 Å². The fourth-order valence-corrected chi connectivity index (χ4v) is 6.22. The monoisotopic (exact) mass is 655 g/mol. The maximum absolute atomic E-state index is 13.0. The van der Waals surface area contributed by atoms with Crippen LogP contribution in [0.2, 0.25) is 0 Å². The molecule has 1 amide bonds. The van der Waals surface area contributed by atoms with E-state index in [0.29, 0.717) is 13.0 Å². The minimum absolute atomic E-state index is 0.00605. The van der Waals surface area contributed by atoms with E-state index in [1.807, 2.05) is 0 Å². The minimum Gasteiger partial charge on any atom is -0.396 e. The second-order valence-electron chi connectivity index (χ2n) is 12.5. The molecule has 0 aromatic rings. The van der Waals surface area contributed by atoms with Crippen LogP contribution in [-0.4, -0.2) is 182 Å². The number of ether oxygens (including phenoxy) is 4. The zero-order valence-electron chi connectivity index (χ0n) is 24.7. The van der Waals surface area contributed by atoms with Gasteiger partial charge in [-0.25, -0.2) is 0 Å². The van der Waals surface area contributed by atoms with Gasteiger partial charge in [-0.2, -0.15) is 0 Å². The molecule has 15 atom stereocenters. The number of carbonyl (C=O) groups is 1. The Bertz CT molecular complexity index is 965. The summed E-state index contributed by atoms with van der Waals surface area (Å²) in [5.74, 6) is -0.799. The van der Waals surface area contributed by atoms with Crippen molar-refractivity contribution in [2.75, 3.05) is 26.3 Å². The summed E-state index contributed by atoms with van der Waals surface area (Å²) in [6.45, 7) is -0.357. The molecule has 0 spiro atoms. The second kappa shape index (κ2) is 15.3. The van der Waals surface area contributed by atoms with Crippen molar-refractivity contribution < 1.29 is 69.7 Å². The quantitative estimate of drug-likeness (QED) is 0.0868. The highest BCUT2D eigenvalue weighted by atomic mass is 16.7. The third-order valence-corrected chi connectivity index (χ3v) is 9.00. The first kappa shape index (κ1) is 36.6. The summed E-state index contributed by atoms with van der Waals surface area (Å²) in [7, 11) is 0. The van der Waals surface area contributed by atoms with E-state index in [4.69, 9.17) is 41.3 Å². The minimum atomic E-state index is -1.77. The SMILES string of the molecule is NC1CC(O)(C(=O)N[C@@H]2C[C@H](N)C(O[C@H]3O[C@H](CNCCCO)[C@@H](O)[C@H](O)[C@H]3O)[C@H](O)[C@H]2O[C@H]2O[C@H](CO)[C@@H](O)[C@H](N)[C@H]2O)C1. The highest BCUT2D eigenvalue weighted by Crippen LogP contribution is 2.34. The predicted octanol–water partition coefficient (Wildman–Crippen LogP) is -8.27. The molecule has 0 aromatic carbocycles. The number of nitrogens with one attached hydrogen (secondary N) is 2. The number of aliphatic hydroxyl groups is 9. The van der Waals surface area contributed by atoms with E-state index >= 15 is 0 Å². The van der Waals surface area contributed by atoms with Crippen molar-refractivity contribution in [3.05, 3.63) is 0 Å². The van der Waals surface area contributed by atoms with Gasteiger partial charge in [0, 0.05) is 38.1 Å². The molecule has 4 fully saturated rings. The Balaban J connectivity index is 1.53. The number of hydrogen-bond acceptors (Lipinski definition) is 18. The lowest BCUT2D eigenvalue weighted by Crippen LogP contribution is -2.71. The summed E-state index contributed by atoms with van der Waals surface area (Å²) >= 11 is 0. The summed E-state index contributed by atoms with van der Waals surface area (Å²) < 4.78 is 23.0. The fourth-order valence-electron chi connectivity index (χ4n) is 6.22. The van der Waals surface area contributed by atoms with Gasteiger partial charge in [0.05, 0.1) is 18.7 Å². The van der Waals surface area contributed by atoms with Gasteiger partial charge in [0.1, 0.15) is 66.6 Å². The Kier molecular flexibility index (Phi) is 12.5. The highest BCUT2D eigenvalue weighted by molar-refractivity contribution is 5.86. The summed E-state index contributed by atoms with van der Waals surface area (Å²) in [6.07, 6.45) is -17.9. The van der Waals surface area contributed by atoms with Crippen LogP contribution in [0.15, 0.2) is 0 Å². The van der Waals surface area contributed by atoms with Crippen LogP contribution in [0.3, 0.4) is 0 Å². The number of rotatable bonds is 12. The Morgan fingerprint density at radius 2 is 1.44 bits per heavy atom. The van der Waals surface area contributed by atoms with Gasteiger partial charge in [-0.1, -0.05) is 0 Å². The van der Waals surface area contributed by atoms with Crippen LogP contribution in [-0.2, 0) is 23.7 Å². The summed E-state index contributed by atoms with van der Waals surface area (Å²) in [4.78, 5) is 13.0. The van der Waals surface area contributed by atoms with E-state index in [-0.39, 0.29) is 38.5 Å². The maximum atomic E-state index is 13.0. The normalized spacial score (nSPS) is 48.9. The standard InChI is InChI=1S/C26H49N5O14/c27-9-5-26(41,6-9)25(40)31-11-4-10(28)21(20(39)22(11)45-23-17(36)14(29)15(34)13(8-33)43-23)44-24-19(38)18(37)16(35)12(42-24)7-30-2-1-3-32/h9-24,30,32-39,41H,1-8,27-29H2,(H,31,40)/t9?,10-,11+,12+,13+,14-,15+,16+,17+,18-,19+,20-,21?,22-,23+,24+,26?/m0/s1. The molecule has 4 rings (SSSR count). The largest absolute Gasteiger partial charge is 0.396 e. The van der Waals surface area contributed by atoms with Crippen LogP contribution >= 0.6 is 0 Å². The average molecular weight is 656 g/mol. The van der Waals surface area contributed by atoms with Gasteiger partial charge in [0.2, 0.25) is 0 Å². The molecule has 262 valence electrons. The van der Waals surface area contributed by atoms with E-state index in [1.54, 1.807) is 0 Å². The zero-order chi connectivity index (χ0) is 33.2. The van der Waals surface area contributed by atoms with Crippen LogP contribution in [0.1, 0.15) is 25.7 Å². The molecule has 0 bridgehead atoms. The Labute approximate surface area is 259 Å². The first-order valence-corrected chi connectivity index (χ1v) is 15.1. The molecule has 2 aliphatic carbocycles. The van der Waals surface area contributed by atoms with E-state index < -0.39 is 110 Å². The topological polar surface area (TPSA) is 338 Å². The molecular formula is C26H49N5O14. The molecule has 2 saturated carbocycles. The van der Waals surface area contributed by atoms with Crippen LogP contribution < -0.4 is 27.8 Å². The molecule has 17 N–H and O–H groups in total. The summed E-state index contributed by atoms with van der Waals surface area (Å²) in [5.41, 5.74) is 16.3. The van der Waals surface area contributed by atoms with Gasteiger partial charge in [-0.05, 0) is 19.4 Å². The molecule has 2 aliphatic heterocycles. The smallest absolute Gasteiger partial charge is 0.252 e. The third kappa shape index (κ3) is 7.92. The number of carbonyl (C=O) groups excluding carboxylic acids is 1. The van der Waals surface area contributed by atoms with Crippen LogP contribution in [0.5, 0.6) is 0 Å². The average Bonchev–Trinajstić information content (AvgIpc) is 2.99. The molecular weight excluding hydrogens is 606 g/mol. The zero-order valence-corrected chi connectivity index (χ0v) is 24.7. The fraction of sp³-hybridized carbons (Fsp3) is 0.962. The predicted molar refractivity (Wildman–Crippen MR) is 149 cm³/mol. The van der Waals surface area contributed by atoms with Crippen molar-refractivity contribution >= 4 is 5.91 Å². The molecule has 45 heavy (non-hydrogen) atoms.